The Kier molecular flexibility index (Phi) is 7.55. The minimum Gasteiger partial charge on any atom is -0.356 e. The number of aromatic amines is 1. The molecular formula is C28H24Cl2N4O2S. The van der Waals surface area contributed by atoms with Crippen LogP contribution in [0, 0.1) is 5.92 Å². The molecule has 0 saturated heterocycles. The number of Topliss-reactive ketones (excluding diaryl/α,β-unsaturated/α-hetero) is 1. The van der Waals surface area contributed by atoms with E-state index in [1.807, 2.05) is 48.5 Å². The van der Waals surface area contributed by atoms with Crippen molar-refractivity contribution in [2.45, 2.75) is 24.7 Å². The SMILES string of the molecule is CC(=O)Nc1cc(-c2[nH]c3c(c2Nc2ccccc2)C(=O)CC(CSc2ccc(Cl)c(Cl)c2)C3)ccn1. The molecule has 1 amide bonds. The van der Waals surface area contributed by atoms with Gasteiger partial charge in [0.25, 0.3) is 0 Å². The fourth-order valence-corrected chi connectivity index (χ4v) is 5.87. The summed E-state index contributed by atoms with van der Waals surface area (Å²) in [7, 11) is 0. The average Bonchev–Trinajstić information content (AvgIpc) is 3.24. The summed E-state index contributed by atoms with van der Waals surface area (Å²) in [6.45, 7) is 1.44. The first-order chi connectivity index (χ1) is 17.9. The number of pyridine rings is 1. The number of fused-ring (bicyclic) bond motifs is 1. The maximum atomic E-state index is 13.5. The largest absolute Gasteiger partial charge is 0.356 e. The predicted octanol–water partition coefficient (Wildman–Crippen LogP) is 7.62. The van der Waals surface area contributed by atoms with Crippen LogP contribution in [0.2, 0.25) is 10.0 Å². The second-order valence-corrected chi connectivity index (χ2v) is 10.8. The van der Waals surface area contributed by atoms with Crippen LogP contribution in [0.4, 0.5) is 17.2 Å². The summed E-state index contributed by atoms with van der Waals surface area (Å²) >= 11 is 13.9. The van der Waals surface area contributed by atoms with Crippen LogP contribution in [-0.2, 0) is 11.2 Å². The van der Waals surface area contributed by atoms with Gasteiger partial charge >= 0.3 is 0 Å². The number of hydrogen-bond acceptors (Lipinski definition) is 5. The second-order valence-electron chi connectivity index (χ2n) is 8.91. The second kappa shape index (κ2) is 11.0. The Morgan fingerprint density at radius 2 is 1.89 bits per heavy atom. The van der Waals surface area contributed by atoms with Crippen LogP contribution in [0.5, 0.6) is 0 Å². The predicted molar refractivity (Wildman–Crippen MR) is 151 cm³/mol. The van der Waals surface area contributed by atoms with Crippen LogP contribution in [0.3, 0.4) is 0 Å². The van der Waals surface area contributed by atoms with E-state index in [0.717, 1.165) is 45.4 Å². The number of nitrogens with zero attached hydrogens (tertiary/aromatic N) is 1. The zero-order valence-electron chi connectivity index (χ0n) is 20.0. The Morgan fingerprint density at radius 3 is 2.65 bits per heavy atom. The molecule has 5 rings (SSSR count). The van der Waals surface area contributed by atoms with E-state index >= 15 is 0 Å². The number of para-hydroxylation sites is 1. The van der Waals surface area contributed by atoms with Crippen molar-refractivity contribution in [3.05, 3.63) is 88.2 Å². The summed E-state index contributed by atoms with van der Waals surface area (Å²) in [4.78, 5) is 33.9. The molecule has 0 aliphatic heterocycles. The number of amides is 1. The topological polar surface area (TPSA) is 86.9 Å². The number of carbonyl (C=O) groups is 2. The standard InChI is InChI=1S/C28H24Cl2N4O2S/c1-16(35)32-25-13-18(9-10-31-25)27-28(33-19-5-3-2-4-6-19)26-23(34-27)11-17(12-24(26)36)15-37-20-7-8-21(29)22(30)14-20/h2-10,13-14,17,33-34H,11-12,15H2,1H3,(H,31,32,35). The lowest BCUT2D eigenvalue weighted by molar-refractivity contribution is -0.114. The van der Waals surface area contributed by atoms with E-state index in [9.17, 15) is 9.59 Å². The normalized spacial score (nSPS) is 14.8. The molecule has 0 spiro atoms. The lowest BCUT2D eigenvalue weighted by atomic mass is 9.87. The molecule has 37 heavy (non-hydrogen) atoms. The van der Waals surface area contributed by atoms with E-state index in [1.165, 1.54) is 6.92 Å². The third kappa shape index (κ3) is 5.85. The van der Waals surface area contributed by atoms with Crippen molar-refractivity contribution in [1.29, 1.82) is 0 Å². The fraction of sp³-hybridized carbons (Fsp3) is 0.179. The highest BCUT2D eigenvalue weighted by molar-refractivity contribution is 7.99. The maximum Gasteiger partial charge on any atom is 0.222 e. The number of benzene rings is 2. The van der Waals surface area contributed by atoms with Gasteiger partial charge < -0.3 is 15.6 Å². The van der Waals surface area contributed by atoms with Gasteiger partial charge in [0.15, 0.2) is 5.78 Å². The van der Waals surface area contributed by atoms with Gasteiger partial charge in [-0.15, -0.1) is 11.8 Å². The molecule has 188 valence electrons. The Labute approximate surface area is 229 Å². The Balaban J connectivity index is 1.47. The van der Waals surface area contributed by atoms with Gasteiger partial charge in [-0.25, -0.2) is 4.98 Å². The first-order valence-corrected chi connectivity index (χ1v) is 13.5. The molecule has 9 heteroatoms. The molecule has 0 bridgehead atoms. The zero-order valence-corrected chi connectivity index (χ0v) is 22.3. The molecule has 4 aromatic rings. The lowest BCUT2D eigenvalue weighted by Gasteiger charge is -2.22. The van der Waals surface area contributed by atoms with Crippen molar-refractivity contribution >= 4 is 63.8 Å². The monoisotopic (exact) mass is 550 g/mol. The summed E-state index contributed by atoms with van der Waals surface area (Å²) in [5.74, 6) is 1.29. The summed E-state index contributed by atoms with van der Waals surface area (Å²) in [6, 6.07) is 19.0. The van der Waals surface area contributed by atoms with Gasteiger partial charge in [-0.3, -0.25) is 9.59 Å². The maximum absolute atomic E-state index is 13.5. The van der Waals surface area contributed by atoms with Crippen LogP contribution >= 0.6 is 35.0 Å². The van der Waals surface area contributed by atoms with Crippen molar-refractivity contribution in [2.24, 2.45) is 5.92 Å². The van der Waals surface area contributed by atoms with E-state index in [1.54, 1.807) is 30.1 Å². The summed E-state index contributed by atoms with van der Waals surface area (Å²) in [5.41, 5.74) is 4.82. The molecule has 0 radical (unpaired) electrons. The number of anilines is 3. The molecular weight excluding hydrogens is 527 g/mol. The number of thioether (sulfide) groups is 1. The number of ketones is 1. The quantitative estimate of drug-likeness (QED) is 0.206. The molecule has 6 nitrogen and oxygen atoms in total. The highest BCUT2D eigenvalue weighted by atomic mass is 35.5. The summed E-state index contributed by atoms with van der Waals surface area (Å²) < 4.78 is 0. The van der Waals surface area contributed by atoms with E-state index < -0.39 is 0 Å². The number of nitrogens with one attached hydrogen (secondary N) is 3. The highest BCUT2D eigenvalue weighted by Crippen LogP contribution is 2.41. The number of hydrogen-bond donors (Lipinski definition) is 3. The minimum atomic E-state index is -0.199. The van der Waals surface area contributed by atoms with Crippen molar-refractivity contribution in [3.63, 3.8) is 0 Å². The van der Waals surface area contributed by atoms with Crippen molar-refractivity contribution in [3.8, 4) is 11.3 Å². The molecule has 1 aliphatic rings. The van der Waals surface area contributed by atoms with Crippen LogP contribution in [0.25, 0.3) is 11.3 Å². The van der Waals surface area contributed by atoms with Crippen molar-refractivity contribution in [2.75, 3.05) is 16.4 Å². The van der Waals surface area contributed by atoms with E-state index in [0.29, 0.717) is 27.8 Å². The lowest BCUT2D eigenvalue weighted by Crippen LogP contribution is -2.21. The number of aromatic nitrogens is 2. The van der Waals surface area contributed by atoms with Crippen LogP contribution in [-0.4, -0.2) is 27.4 Å². The number of carbonyl (C=O) groups excluding carboxylic acids is 2. The molecule has 2 heterocycles. The molecule has 1 unspecified atom stereocenters. The molecule has 3 N–H and O–H groups in total. The number of H-pyrrole nitrogens is 1. The smallest absolute Gasteiger partial charge is 0.222 e. The van der Waals surface area contributed by atoms with Crippen LogP contribution < -0.4 is 10.6 Å². The van der Waals surface area contributed by atoms with Crippen LogP contribution in [0.1, 0.15) is 29.4 Å². The van der Waals surface area contributed by atoms with Crippen LogP contribution in [0.15, 0.2) is 71.8 Å². The summed E-state index contributed by atoms with van der Waals surface area (Å²) in [5, 5.41) is 7.24. The van der Waals surface area contributed by atoms with Gasteiger partial charge in [0.2, 0.25) is 5.91 Å². The molecule has 0 saturated carbocycles. The van der Waals surface area contributed by atoms with Crippen molar-refractivity contribution < 1.29 is 9.59 Å². The average molecular weight is 551 g/mol. The van der Waals surface area contributed by atoms with E-state index in [-0.39, 0.29) is 17.6 Å². The van der Waals surface area contributed by atoms with Gasteiger partial charge in [-0.1, -0.05) is 41.4 Å². The number of halogens is 2. The molecule has 2 aromatic carbocycles. The Hall–Kier alpha value is -3.26. The summed E-state index contributed by atoms with van der Waals surface area (Å²) in [6.07, 6.45) is 2.84. The van der Waals surface area contributed by atoms with Gasteiger partial charge in [-0.05, 0) is 54.8 Å². The Morgan fingerprint density at radius 1 is 1.08 bits per heavy atom. The van der Waals surface area contributed by atoms with Gasteiger partial charge in [0, 0.05) is 47.1 Å². The first-order valence-electron chi connectivity index (χ1n) is 11.8. The van der Waals surface area contributed by atoms with Gasteiger partial charge in [0.1, 0.15) is 5.82 Å². The molecule has 1 aliphatic carbocycles. The minimum absolute atomic E-state index is 0.0954. The molecule has 2 aromatic heterocycles. The third-order valence-electron chi connectivity index (χ3n) is 6.10. The van der Waals surface area contributed by atoms with E-state index in [2.05, 4.69) is 20.6 Å². The van der Waals surface area contributed by atoms with Crippen molar-refractivity contribution in [1.82, 2.24) is 9.97 Å². The third-order valence-corrected chi connectivity index (χ3v) is 8.06. The molecule has 0 fully saturated rings. The number of rotatable bonds is 7. The first kappa shape index (κ1) is 25.4. The Bertz CT molecular complexity index is 1470. The zero-order chi connectivity index (χ0) is 25.9. The molecule has 1 atom stereocenters. The van der Waals surface area contributed by atoms with E-state index in [4.69, 9.17) is 23.2 Å². The van der Waals surface area contributed by atoms with Gasteiger partial charge in [0.05, 0.1) is 27.0 Å². The fourth-order valence-electron chi connectivity index (χ4n) is 4.48. The highest BCUT2D eigenvalue weighted by Gasteiger charge is 2.32. The van der Waals surface area contributed by atoms with Gasteiger partial charge in [-0.2, -0.15) is 0 Å².